The lowest BCUT2D eigenvalue weighted by Crippen LogP contribution is -2.09. The summed E-state index contributed by atoms with van der Waals surface area (Å²) in [4.78, 5) is 10.8. The van der Waals surface area contributed by atoms with Crippen molar-refractivity contribution in [2.75, 3.05) is 6.61 Å². The van der Waals surface area contributed by atoms with Crippen molar-refractivity contribution < 1.29 is 4.74 Å². The van der Waals surface area contributed by atoms with Gasteiger partial charge in [0.2, 0.25) is 0 Å². The second kappa shape index (κ2) is 6.20. The van der Waals surface area contributed by atoms with Crippen LogP contribution in [0, 0.1) is 0 Å². The van der Waals surface area contributed by atoms with Crippen LogP contribution in [0.15, 0.2) is 24.5 Å². The van der Waals surface area contributed by atoms with E-state index in [4.69, 9.17) is 27.7 Å². The fourth-order valence-electron chi connectivity index (χ4n) is 2.85. The molecule has 0 radical (unpaired) electrons. The van der Waals surface area contributed by atoms with E-state index in [1.165, 1.54) is 4.88 Å². The Morgan fingerprint density at radius 3 is 3.00 bits per heavy atom. The second-order valence-corrected chi connectivity index (χ2v) is 7.61. The third kappa shape index (κ3) is 2.81. The van der Waals surface area contributed by atoms with E-state index in [1.807, 2.05) is 22.9 Å². The fourth-order valence-corrected chi connectivity index (χ4v) is 4.03. The van der Waals surface area contributed by atoms with E-state index in [1.54, 1.807) is 17.7 Å². The number of aromatic nitrogens is 4. The standard InChI is InChI=1S/C17H17N5OS2/c1-9(2)22-16(19-8-20-22)17-21-14-11-4-3-10(15(18)24)7-12(11)23-6-5-13(14)25-17/h3-4,7-9H,5-6H2,1-2H3,(H2,18,24). The molecule has 1 aliphatic rings. The molecule has 2 aromatic heterocycles. The van der Waals surface area contributed by atoms with E-state index in [-0.39, 0.29) is 6.04 Å². The predicted octanol–water partition coefficient (Wildman–Crippen LogP) is 3.22. The number of nitrogens with two attached hydrogens (primary N) is 1. The first-order chi connectivity index (χ1) is 12.0. The van der Waals surface area contributed by atoms with Crippen LogP contribution in [0.4, 0.5) is 0 Å². The highest BCUT2D eigenvalue weighted by Gasteiger charge is 2.23. The average molecular weight is 371 g/mol. The predicted molar refractivity (Wildman–Crippen MR) is 102 cm³/mol. The van der Waals surface area contributed by atoms with E-state index in [9.17, 15) is 0 Å². The topological polar surface area (TPSA) is 78.8 Å². The number of rotatable bonds is 3. The molecular weight excluding hydrogens is 354 g/mol. The molecule has 0 aliphatic carbocycles. The van der Waals surface area contributed by atoms with Crippen LogP contribution in [-0.2, 0) is 6.42 Å². The molecule has 3 heterocycles. The maximum absolute atomic E-state index is 5.89. The molecule has 0 saturated heterocycles. The van der Waals surface area contributed by atoms with Crippen molar-refractivity contribution in [3.8, 4) is 27.8 Å². The minimum Gasteiger partial charge on any atom is -0.492 e. The zero-order chi connectivity index (χ0) is 17.6. The molecule has 0 amide bonds. The van der Waals surface area contributed by atoms with Crippen LogP contribution < -0.4 is 10.5 Å². The number of benzene rings is 1. The van der Waals surface area contributed by atoms with Gasteiger partial charge < -0.3 is 10.5 Å². The van der Waals surface area contributed by atoms with Gasteiger partial charge >= 0.3 is 0 Å². The van der Waals surface area contributed by atoms with Crippen molar-refractivity contribution in [1.29, 1.82) is 0 Å². The van der Waals surface area contributed by atoms with Gasteiger partial charge in [-0.1, -0.05) is 18.3 Å². The smallest absolute Gasteiger partial charge is 0.187 e. The summed E-state index contributed by atoms with van der Waals surface area (Å²) in [6.45, 7) is 4.76. The minimum atomic E-state index is 0.227. The summed E-state index contributed by atoms with van der Waals surface area (Å²) in [5.74, 6) is 1.57. The van der Waals surface area contributed by atoms with Crippen LogP contribution in [0.25, 0.3) is 22.1 Å². The molecule has 0 spiro atoms. The molecule has 2 N–H and O–H groups in total. The van der Waals surface area contributed by atoms with Gasteiger partial charge in [0.15, 0.2) is 10.8 Å². The minimum absolute atomic E-state index is 0.227. The largest absolute Gasteiger partial charge is 0.492 e. The maximum Gasteiger partial charge on any atom is 0.187 e. The molecule has 128 valence electrons. The Hall–Kier alpha value is -2.32. The Bertz CT molecular complexity index is 960. The van der Waals surface area contributed by atoms with Gasteiger partial charge in [-0.15, -0.1) is 11.3 Å². The third-order valence-electron chi connectivity index (χ3n) is 4.06. The molecule has 1 aromatic carbocycles. The van der Waals surface area contributed by atoms with Gasteiger partial charge in [0, 0.05) is 28.5 Å². The monoisotopic (exact) mass is 371 g/mol. The first-order valence-electron chi connectivity index (χ1n) is 8.01. The maximum atomic E-state index is 5.89. The van der Waals surface area contributed by atoms with Crippen molar-refractivity contribution in [1.82, 2.24) is 19.7 Å². The summed E-state index contributed by atoms with van der Waals surface area (Å²) in [7, 11) is 0. The van der Waals surface area contributed by atoms with Crippen LogP contribution >= 0.6 is 23.6 Å². The molecule has 25 heavy (non-hydrogen) atoms. The highest BCUT2D eigenvalue weighted by atomic mass is 32.1. The van der Waals surface area contributed by atoms with Crippen molar-refractivity contribution in [3.63, 3.8) is 0 Å². The van der Waals surface area contributed by atoms with Crippen LogP contribution in [-0.4, -0.2) is 31.3 Å². The lowest BCUT2D eigenvalue weighted by atomic mass is 10.1. The number of thiocarbonyl (C=S) groups is 1. The first kappa shape index (κ1) is 16.2. The molecular formula is C17H17N5OS2. The molecule has 0 bridgehead atoms. The summed E-state index contributed by atoms with van der Waals surface area (Å²) in [5.41, 5.74) is 8.44. The first-order valence-corrected chi connectivity index (χ1v) is 9.23. The van der Waals surface area contributed by atoms with Crippen molar-refractivity contribution in [3.05, 3.63) is 35.0 Å². The molecule has 0 atom stereocenters. The summed E-state index contributed by atoms with van der Waals surface area (Å²) < 4.78 is 7.79. The highest BCUT2D eigenvalue weighted by molar-refractivity contribution is 7.80. The summed E-state index contributed by atoms with van der Waals surface area (Å²) in [6, 6.07) is 6.01. The molecule has 0 saturated carbocycles. The van der Waals surface area contributed by atoms with Crippen molar-refractivity contribution in [2.24, 2.45) is 5.73 Å². The zero-order valence-electron chi connectivity index (χ0n) is 13.9. The average Bonchev–Trinajstić information content (AvgIpc) is 3.18. The third-order valence-corrected chi connectivity index (χ3v) is 5.41. The molecule has 8 heteroatoms. The SMILES string of the molecule is CC(C)n1ncnc1-c1nc2c(s1)CCOc1cc(C(N)=S)ccc1-2. The van der Waals surface area contributed by atoms with E-state index in [0.717, 1.165) is 39.8 Å². The zero-order valence-corrected chi connectivity index (χ0v) is 15.5. The Morgan fingerprint density at radius 2 is 2.24 bits per heavy atom. The van der Waals surface area contributed by atoms with Gasteiger partial charge in [-0.2, -0.15) is 5.10 Å². The summed E-state index contributed by atoms with van der Waals surface area (Å²) in [6.07, 6.45) is 2.38. The number of ether oxygens (including phenoxy) is 1. The lowest BCUT2D eigenvalue weighted by molar-refractivity contribution is 0.327. The number of nitrogens with zero attached hydrogens (tertiary/aromatic N) is 4. The van der Waals surface area contributed by atoms with Gasteiger partial charge in [0.1, 0.15) is 17.1 Å². The molecule has 4 rings (SSSR count). The van der Waals surface area contributed by atoms with Gasteiger partial charge in [0.25, 0.3) is 0 Å². The number of hydrogen-bond donors (Lipinski definition) is 1. The van der Waals surface area contributed by atoms with Crippen LogP contribution in [0.5, 0.6) is 5.75 Å². The molecule has 6 nitrogen and oxygen atoms in total. The Kier molecular flexibility index (Phi) is 4.01. The lowest BCUT2D eigenvalue weighted by Gasteiger charge is -2.09. The second-order valence-electron chi connectivity index (χ2n) is 6.09. The van der Waals surface area contributed by atoms with E-state index in [2.05, 4.69) is 23.9 Å². The van der Waals surface area contributed by atoms with Crippen molar-refractivity contribution >= 4 is 28.5 Å². The highest BCUT2D eigenvalue weighted by Crippen LogP contribution is 2.40. The Labute approximate surface area is 154 Å². The molecule has 0 unspecified atom stereocenters. The van der Waals surface area contributed by atoms with Crippen LogP contribution in [0.1, 0.15) is 30.3 Å². The van der Waals surface area contributed by atoms with E-state index in [0.29, 0.717) is 11.6 Å². The number of fused-ring (bicyclic) bond motifs is 3. The Balaban J connectivity index is 1.83. The summed E-state index contributed by atoms with van der Waals surface area (Å²) in [5, 5.41) is 5.19. The van der Waals surface area contributed by atoms with Gasteiger partial charge in [-0.05, 0) is 26.0 Å². The summed E-state index contributed by atoms with van der Waals surface area (Å²) >= 11 is 6.71. The van der Waals surface area contributed by atoms with Gasteiger partial charge in [-0.3, -0.25) is 0 Å². The quantitative estimate of drug-likeness (QED) is 0.712. The molecule has 1 aliphatic heterocycles. The van der Waals surface area contributed by atoms with E-state index < -0.39 is 0 Å². The van der Waals surface area contributed by atoms with Gasteiger partial charge in [-0.25, -0.2) is 14.6 Å². The number of hydrogen-bond acceptors (Lipinski definition) is 6. The fraction of sp³-hybridized carbons (Fsp3) is 0.294. The Morgan fingerprint density at radius 1 is 1.40 bits per heavy atom. The van der Waals surface area contributed by atoms with E-state index >= 15 is 0 Å². The van der Waals surface area contributed by atoms with Crippen LogP contribution in [0.3, 0.4) is 0 Å². The molecule has 0 fully saturated rings. The number of thiazole rings is 1. The normalized spacial score (nSPS) is 13.1. The van der Waals surface area contributed by atoms with Gasteiger partial charge in [0.05, 0.1) is 12.3 Å². The molecule has 3 aromatic rings. The van der Waals surface area contributed by atoms with Crippen molar-refractivity contribution in [2.45, 2.75) is 26.3 Å². The van der Waals surface area contributed by atoms with Crippen LogP contribution in [0.2, 0.25) is 0 Å².